The smallest absolute Gasteiger partial charge is 0.261 e. The largest absolute Gasteiger partial charge is 0.497 e. The Morgan fingerprint density at radius 2 is 1.89 bits per heavy atom. The van der Waals surface area contributed by atoms with E-state index < -0.39 is 6.10 Å². The van der Waals surface area contributed by atoms with Gasteiger partial charge in [-0.15, -0.1) is 0 Å². The average molecular weight is 400 g/mol. The lowest BCUT2D eigenvalue weighted by molar-refractivity contribution is -0.128. The standard InChI is InChI=1S/C21H25N3O3S/c1-14(27-16-10-8-15(26-2)9-11-16)21(25)24-19(12-13-28-3)20-22-17-6-4-5-7-18(17)23-20/h4-11,14,19H,12-13H2,1-3H3,(H,22,23)(H,24,25)/t14-,19-/m1/s1. The highest BCUT2D eigenvalue weighted by molar-refractivity contribution is 7.98. The van der Waals surface area contributed by atoms with Crippen molar-refractivity contribution in [2.75, 3.05) is 19.1 Å². The van der Waals surface area contributed by atoms with Gasteiger partial charge >= 0.3 is 0 Å². The molecule has 1 amide bonds. The molecule has 0 bridgehead atoms. The second-order valence-electron chi connectivity index (χ2n) is 6.42. The number of H-pyrrole nitrogens is 1. The molecule has 0 spiro atoms. The minimum atomic E-state index is -0.630. The van der Waals surface area contributed by atoms with Gasteiger partial charge in [-0.1, -0.05) is 12.1 Å². The number of hydrogen-bond acceptors (Lipinski definition) is 5. The molecule has 0 fully saturated rings. The molecule has 2 atom stereocenters. The van der Waals surface area contributed by atoms with Crippen molar-refractivity contribution in [2.24, 2.45) is 0 Å². The minimum absolute atomic E-state index is 0.178. The van der Waals surface area contributed by atoms with Crippen molar-refractivity contribution in [1.29, 1.82) is 0 Å². The van der Waals surface area contributed by atoms with Crippen molar-refractivity contribution in [3.05, 3.63) is 54.4 Å². The number of amides is 1. The van der Waals surface area contributed by atoms with Crippen LogP contribution in [-0.2, 0) is 4.79 Å². The van der Waals surface area contributed by atoms with E-state index in [1.165, 1.54) is 0 Å². The van der Waals surface area contributed by atoms with Crippen molar-refractivity contribution in [3.8, 4) is 11.5 Å². The van der Waals surface area contributed by atoms with Crippen LogP contribution in [0.3, 0.4) is 0 Å². The van der Waals surface area contributed by atoms with Gasteiger partial charge in [-0.3, -0.25) is 4.79 Å². The zero-order valence-corrected chi connectivity index (χ0v) is 17.1. The van der Waals surface area contributed by atoms with Crippen LogP contribution in [0.15, 0.2) is 48.5 Å². The molecule has 0 aliphatic heterocycles. The van der Waals surface area contributed by atoms with Gasteiger partial charge in [-0.2, -0.15) is 11.8 Å². The van der Waals surface area contributed by atoms with E-state index in [1.807, 2.05) is 30.5 Å². The number of para-hydroxylation sites is 2. The van der Waals surface area contributed by atoms with E-state index in [2.05, 4.69) is 15.3 Å². The summed E-state index contributed by atoms with van der Waals surface area (Å²) in [6.07, 6.45) is 2.20. The number of nitrogens with one attached hydrogen (secondary N) is 2. The van der Waals surface area contributed by atoms with E-state index in [0.29, 0.717) is 5.75 Å². The Bertz CT molecular complexity index is 878. The number of carbonyl (C=O) groups is 1. The molecule has 2 N–H and O–H groups in total. The Balaban J connectivity index is 1.69. The molecule has 3 rings (SSSR count). The number of ether oxygens (including phenoxy) is 2. The van der Waals surface area contributed by atoms with Gasteiger partial charge in [-0.05, 0) is 61.8 Å². The highest BCUT2D eigenvalue weighted by atomic mass is 32.2. The maximum atomic E-state index is 12.7. The molecule has 1 heterocycles. The first-order valence-corrected chi connectivity index (χ1v) is 10.5. The lowest BCUT2D eigenvalue weighted by Gasteiger charge is -2.20. The number of hydrogen-bond donors (Lipinski definition) is 2. The van der Waals surface area contributed by atoms with E-state index in [0.717, 1.165) is 34.8 Å². The van der Waals surface area contributed by atoms with Gasteiger partial charge in [0.1, 0.15) is 17.3 Å². The quantitative estimate of drug-likeness (QED) is 0.570. The van der Waals surface area contributed by atoms with Crippen LogP contribution in [0.2, 0.25) is 0 Å². The molecule has 148 valence electrons. The van der Waals surface area contributed by atoms with Crippen molar-refractivity contribution < 1.29 is 14.3 Å². The zero-order valence-electron chi connectivity index (χ0n) is 16.3. The van der Waals surface area contributed by atoms with Crippen LogP contribution in [0.5, 0.6) is 11.5 Å². The number of aromatic amines is 1. The van der Waals surface area contributed by atoms with Crippen molar-refractivity contribution in [1.82, 2.24) is 15.3 Å². The Morgan fingerprint density at radius 3 is 2.57 bits per heavy atom. The second-order valence-corrected chi connectivity index (χ2v) is 7.40. The summed E-state index contributed by atoms with van der Waals surface area (Å²) in [5, 5.41) is 3.08. The molecule has 2 aromatic carbocycles. The first-order chi connectivity index (χ1) is 13.6. The molecule has 6 nitrogen and oxygen atoms in total. The van der Waals surface area contributed by atoms with Gasteiger partial charge in [0, 0.05) is 0 Å². The third-order valence-electron chi connectivity index (χ3n) is 4.41. The normalized spacial score (nSPS) is 13.1. The number of fused-ring (bicyclic) bond motifs is 1. The van der Waals surface area contributed by atoms with E-state index >= 15 is 0 Å². The second kappa shape index (κ2) is 9.50. The Labute approximate surface area is 169 Å². The Hall–Kier alpha value is -2.67. The predicted molar refractivity (Wildman–Crippen MR) is 113 cm³/mol. The minimum Gasteiger partial charge on any atom is -0.497 e. The molecule has 3 aromatic rings. The summed E-state index contributed by atoms with van der Waals surface area (Å²) < 4.78 is 10.9. The number of benzene rings is 2. The summed E-state index contributed by atoms with van der Waals surface area (Å²) >= 11 is 1.74. The summed E-state index contributed by atoms with van der Waals surface area (Å²) in [6, 6.07) is 14.8. The van der Waals surface area contributed by atoms with E-state index in [-0.39, 0.29) is 11.9 Å². The molecule has 28 heavy (non-hydrogen) atoms. The summed E-state index contributed by atoms with van der Waals surface area (Å²) in [6.45, 7) is 1.74. The van der Waals surface area contributed by atoms with Crippen molar-refractivity contribution in [3.63, 3.8) is 0 Å². The Kier molecular flexibility index (Phi) is 6.81. The first-order valence-electron chi connectivity index (χ1n) is 9.15. The third kappa shape index (κ3) is 4.98. The molecule has 0 saturated carbocycles. The van der Waals surface area contributed by atoms with Gasteiger partial charge in [-0.25, -0.2) is 4.98 Å². The third-order valence-corrected chi connectivity index (χ3v) is 5.05. The molecule has 0 aliphatic carbocycles. The molecule has 0 unspecified atom stereocenters. The van der Waals surface area contributed by atoms with Crippen LogP contribution in [0, 0.1) is 0 Å². The summed E-state index contributed by atoms with van der Waals surface area (Å²) in [4.78, 5) is 20.7. The van der Waals surface area contributed by atoms with Gasteiger partial charge in [0.05, 0.1) is 24.2 Å². The van der Waals surface area contributed by atoms with Crippen LogP contribution in [-0.4, -0.2) is 41.1 Å². The number of rotatable bonds is 9. The number of thioether (sulfide) groups is 1. The average Bonchev–Trinajstić information content (AvgIpc) is 3.15. The maximum absolute atomic E-state index is 12.7. The number of nitrogens with zero attached hydrogens (tertiary/aromatic N) is 1. The Morgan fingerprint density at radius 1 is 1.18 bits per heavy atom. The van der Waals surface area contributed by atoms with E-state index in [9.17, 15) is 4.79 Å². The summed E-state index contributed by atoms with van der Waals surface area (Å²) in [7, 11) is 1.61. The summed E-state index contributed by atoms with van der Waals surface area (Å²) in [5.41, 5.74) is 1.85. The molecular weight excluding hydrogens is 374 g/mol. The monoisotopic (exact) mass is 399 g/mol. The zero-order chi connectivity index (χ0) is 19.9. The SMILES string of the molecule is COc1ccc(O[C@H](C)C(=O)N[C@H](CCSC)c2nc3ccccc3[nH]2)cc1. The molecule has 0 aliphatic rings. The molecule has 1 aromatic heterocycles. The fourth-order valence-corrected chi connectivity index (χ4v) is 3.32. The van der Waals surface area contributed by atoms with Crippen molar-refractivity contribution >= 4 is 28.7 Å². The number of methoxy groups -OCH3 is 1. The topological polar surface area (TPSA) is 76.2 Å². The highest BCUT2D eigenvalue weighted by Gasteiger charge is 2.22. The highest BCUT2D eigenvalue weighted by Crippen LogP contribution is 2.21. The van der Waals surface area contributed by atoms with Crippen LogP contribution >= 0.6 is 11.8 Å². The predicted octanol–water partition coefficient (Wildman–Crippen LogP) is 3.95. The van der Waals surface area contributed by atoms with Crippen molar-refractivity contribution in [2.45, 2.75) is 25.5 Å². The van der Waals surface area contributed by atoms with Crippen LogP contribution in [0.1, 0.15) is 25.2 Å². The molecular formula is C21H25N3O3S. The van der Waals surface area contributed by atoms with Crippen LogP contribution < -0.4 is 14.8 Å². The van der Waals surface area contributed by atoms with E-state index in [1.54, 1.807) is 50.1 Å². The number of imidazole rings is 1. The van der Waals surface area contributed by atoms with Gasteiger partial charge in [0.25, 0.3) is 5.91 Å². The maximum Gasteiger partial charge on any atom is 0.261 e. The fourth-order valence-electron chi connectivity index (χ4n) is 2.85. The van der Waals surface area contributed by atoms with Crippen LogP contribution in [0.25, 0.3) is 11.0 Å². The lowest BCUT2D eigenvalue weighted by atomic mass is 10.2. The van der Waals surface area contributed by atoms with E-state index in [4.69, 9.17) is 9.47 Å². The first kappa shape index (κ1) is 20.1. The van der Waals surface area contributed by atoms with Gasteiger partial charge < -0.3 is 19.8 Å². The molecule has 7 heteroatoms. The number of carbonyl (C=O) groups excluding carboxylic acids is 1. The van der Waals surface area contributed by atoms with Gasteiger partial charge in [0.2, 0.25) is 0 Å². The molecule has 0 saturated heterocycles. The van der Waals surface area contributed by atoms with Gasteiger partial charge in [0.15, 0.2) is 6.10 Å². The fraction of sp³-hybridized carbons (Fsp3) is 0.333. The summed E-state index contributed by atoms with van der Waals surface area (Å²) in [5.74, 6) is 2.86. The van der Waals surface area contributed by atoms with Crippen LogP contribution in [0.4, 0.5) is 0 Å². The number of aromatic nitrogens is 2. The molecule has 0 radical (unpaired) electrons. The lowest BCUT2D eigenvalue weighted by Crippen LogP contribution is -2.39.